The molecule has 0 aromatic carbocycles. The summed E-state index contributed by atoms with van der Waals surface area (Å²) >= 11 is 0. The van der Waals surface area contributed by atoms with E-state index in [-0.39, 0.29) is 13.0 Å². The van der Waals surface area contributed by atoms with Crippen molar-refractivity contribution in [1.82, 2.24) is 5.32 Å². The lowest BCUT2D eigenvalue weighted by molar-refractivity contribution is -0.159. The van der Waals surface area contributed by atoms with E-state index in [9.17, 15) is 24.6 Å². The Bertz CT molecular complexity index is 742. The normalized spacial score (nSPS) is 20.8. The predicted molar refractivity (Wildman–Crippen MR) is 139 cm³/mol. The fourth-order valence-corrected chi connectivity index (χ4v) is 4.50. The van der Waals surface area contributed by atoms with Crippen LogP contribution in [0.4, 0.5) is 0 Å². The van der Waals surface area contributed by atoms with Crippen molar-refractivity contribution in [3.8, 4) is 0 Å². The van der Waals surface area contributed by atoms with Gasteiger partial charge in [-0.1, -0.05) is 71.1 Å². The molecule has 0 fully saturated rings. The van der Waals surface area contributed by atoms with Crippen molar-refractivity contribution in [2.24, 2.45) is 5.92 Å². The average molecular weight is 527 g/mol. The van der Waals surface area contributed by atoms with Gasteiger partial charge in [-0.05, 0) is 12.5 Å². The fraction of sp³-hybridized carbons (Fsp3) is 0.778. The number of nitrogens with one attached hydrogen (secondary N) is 2. The second kappa shape index (κ2) is 18.7. The lowest BCUT2D eigenvalue weighted by atomic mass is 9.87. The van der Waals surface area contributed by atoms with Gasteiger partial charge >= 0.3 is 11.9 Å². The highest BCUT2D eigenvalue weighted by molar-refractivity contribution is 5.86. The van der Waals surface area contributed by atoms with Crippen molar-refractivity contribution in [3.05, 3.63) is 11.8 Å². The molecule has 37 heavy (non-hydrogen) atoms. The quantitative estimate of drug-likeness (QED) is 0.106. The third-order valence-electron chi connectivity index (χ3n) is 6.52. The van der Waals surface area contributed by atoms with Crippen LogP contribution in [0.2, 0.25) is 0 Å². The number of aliphatic carboxylic acids is 1. The molecule has 1 amide bonds. The molecule has 1 aliphatic rings. The third kappa shape index (κ3) is 12.6. The number of aliphatic hydroxyl groups excluding tert-OH is 1. The van der Waals surface area contributed by atoms with E-state index in [1.807, 2.05) is 0 Å². The first-order valence-corrected chi connectivity index (χ1v) is 13.5. The Labute approximate surface area is 220 Å². The van der Waals surface area contributed by atoms with Crippen LogP contribution in [0.3, 0.4) is 0 Å². The maximum Gasteiger partial charge on any atom is 0.370 e. The lowest BCUT2D eigenvalue weighted by Gasteiger charge is -2.40. The number of ether oxygens (including phenoxy) is 3. The van der Waals surface area contributed by atoms with E-state index < -0.39 is 53.9 Å². The monoisotopic (exact) mass is 526 g/mol. The highest BCUT2D eigenvalue weighted by atomic mass is 16.6. The average Bonchev–Trinajstić information content (AvgIpc) is 2.86. The first kappa shape index (κ1) is 32.6. The van der Waals surface area contributed by atoms with E-state index in [0.29, 0.717) is 6.42 Å². The van der Waals surface area contributed by atoms with E-state index in [1.54, 1.807) is 0 Å². The van der Waals surface area contributed by atoms with Crippen molar-refractivity contribution in [2.45, 2.75) is 115 Å². The molecule has 1 rings (SSSR count). The molecule has 10 heteroatoms. The Kier molecular flexibility index (Phi) is 16.5. The molecule has 10 nitrogen and oxygen atoms in total. The molecular formula is C27H46N2O8. The summed E-state index contributed by atoms with van der Waals surface area (Å²) in [6, 6.07) is -0.857. The number of rotatable bonds is 20. The maximum atomic E-state index is 12.2. The number of carboxylic acid groups (broad SMARTS) is 1. The van der Waals surface area contributed by atoms with Gasteiger partial charge in [0.2, 0.25) is 11.7 Å². The molecule has 0 spiro atoms. The maximum absolute atomic E-state index is 12.2. The molecule has 0 radical (unpaired) electrons. The topological polar surface area (TPSA) is 155 Å². The first-order chi connectivity index (χ1) is 17.7. The van der Waals surface area contributed by atoms with Crippen molar-refractivity contribution in [2.75, 3.05) is 13.7 Å². The third-order valence-corrected chi connectivity index (χ3v) is 6.52. The number of unbranched alkanes of at least 4 members (excludes halogenated alkanes) is 10. The lowest BCUT2D eigenvalue weighted by Crippen LogP contribution is -2.59. The van der Waals surface area contributed by atoms with Crippen LogP contribution in [-0.4, -0.2) is 72.3 Å². The predicted octanol–water partition coefficient (Wildman–Crippen LogP) is 3.74. The van der Waals surface area contributed by atoms with Crippen molar-refractivity contribution < 1.29 is 38.8 Å². The van der Waals surface area contributed by atoms with E-state index in [4.69, 9.17) is 19.6 Å². The standard InChI is InChI=1S/C27H46N2O8/c1-4-5-6-7-8-9-10-11-12-13-14-15-23(32)36-18-21(31)25(35-3)26-24(29-19(2)30)20(17-28)16-22(37-26)27(33)34/h16-17,20-21,24-26,28,31H,4-15,18H2,1-3H3,(H,29,30)(H,33,34)/t20-,21?,24?,25?,26-/m1/s1. The number of amides is 1. The summed E-state index contributed by atoms with van der Waals surface area (Å²) in [6.07, 6.45) is 11.8. The Morgan fingerprint density at radius 2 is 1.65 bits per heavy atom. The summed E-state index contributed by atoms with van der Waals surface area (Å²) < 4.78 is 16.1. The Balaban J connectivity index is 2.47. The number of carbonyl (C=O) groups excluding carboxylic acids is 2. The molecule has 0 saturated heterocycles. The molecule has 0 bridgehead atoms. The van der Waals surface area contributed by atoms with Gasteiger partial charge in [0.25, 0.3) is 0 Å². The number of carbonyl (C=O) groups is 3. The minimum Gasteiger partial charge on any atom is -0.478 e. The van der Waals surface area contributed by atoms with E-state index in [1.165, 1.54) is 65.1 Å². The minimum absolute atomic E-state index is 0.248. The summed E-state index contributed by atoms with van der Waals surface area (Å²) in [4.78, 5) is 35.4. The fourth-order valence-electron chi connectivity index (χ4n) is 4.50. The zero-order chi connectivity index (χ0) is 27.6. The van der Waals surface area contributed by atoms with Crippen molar-refractivity contribution >= 4 is 24.1 Å². The van der Waals surface area contributed by atoms with Crippen molar-refractivity contribution in [3.63, 3.8) is 0 Å². The number of hydrogen-bond donors (Lipinski definition) is 4. The second-order valence-electron chi connectivity index (χ2n) is 9.63. The minimum atomic E-state index is -1.35. The Morgan fingerprint density at radius 3 is 2.14 bits per heavy atom. The number of methoxy groups -OCH3 is 1. The van der Waals surface area contributed by atoms with Gasteiger partial charge in [0.05, 0.1) is 6.04 Å². The van der Waals surface area contributed by atoms with Gasteiger partial charge in [-0.2, -0.15) is 0 Å². The number of carboxylic acids is 1. The number of hydrogen-bond acceptors (Lipinski definition) is 8. The number of esters is 1. The molecule has 4 N–H and O–H groups in total. The highest BCUT2D eigenvalue weighted by Crippen LogP contribution is 2.27. The van der Waals surface area contributed by atoms with Crippen LogP contribution in [0.5, 0.6) is 0 Å². The van der Waals surface area contributed by atoms with Gasteiger partial charge in [-0.3, -0.25) is 9.59 Å². The van der Waals surface area contributed by atoms with Crippen LogP contribution >= 0.6 is 0 Å². The molecule has 212 valence electrons. The van der Waals surface area contributed by atoms with E-state index >= 15 is 0 Å². The SMILES string of the molecule is CCCCCCCCCCCCCC(=O)OCC(O)C(OC)[C@@H]1OC(C(=O)O)=C[C@H](C=N)C1NC(C)=O. The smallest absolute Gasteiger partial charge is 0.370 e. The summed E-state index contributed by atoms with van der Waals surface area (Å²) in [5, 5.41) is 30.4. The van der Waals surface area contributed by atoms with Gasteiger partial charge in [-0.15, -0.1) is 0 Å². The van der Waals surface area contributed by atoms with Crippen LogP contribution in [0.25, 0.3) is 0 Å². The second-order valence-corrected chi connectivity index (χ2v) is 9.63. The summed E-state index contributed by atoms with van der Waals surface area (Å²) in [7, 11) is 1.30. The van der Waals surface area contributed by atoms with Crippen LogP contribution < -0.4 is 5.32 Å². The molecular weight excluding hydrogens is 480 g/mol. The Hall–Kier alpha value is -2.46. The van der Waals surface area contributed by atoms with Crippen molar-refractivity contribution in [1.29, 1.82) is 5.41 Å². The number of aliphatic hydroxyl groups is 1. The van der Waals surface area contributed by atoms with Crippen LogP contribution in [0, 0.1) is 11.3 Å². The van der Waals surface area contributed by atoms with E-state index in [2.05, 4.69) is 12.2 Å². The summed E-state index contributed by atoms with van der Waals surface area (Å²) in [5.41, 5.74) is 0. The van der Waals surface area contributed by atoms with Crippen LogP contribution in [0.1, 0.15) is 90.9 Å². The van der Waals surface area contributed by atoms with Gasteiger partial charge < -0.3 is 35.1 Å². The van der Waals surface area contributed by atoms with Gasteiger partial charge in [0, 0.05) is 32.6 Å². The molecule has 5 atom stereocenters. The zero-order valence-corrected chi connectivity index (χ0v) is 22.6. The molecule has 0 aromatic heterocycles. The molecule has 1 heterocycles. The Morgan fingerprint density at radius 1 is 1.08 bits per heavy atom. The van der Waals surface area contributed by atoms with Gasteiger partial charge in [-0.25, -0.2) is 4.79 Å². The van der Waals surface area contributed by atoms with Crippen LogP contribution in [0.15, 0.2) is 11.8 Å². The summed E-state index contributed by atoms with van der Waals surface area (Å²) in [5.74, 6) is -3.40. The molecule has 1 aliphatic heterocycles. The zero-order valence-electron chi connectivity index (χ0n) is 22.6. The van der Waals surface area contributed by atoms with Crippen LogP contribution in [-0.2, 0) is 28.6 Å². The largest absolute Gasteiger partial charge is 0.478 e. The molecule has 0 aromatic rings. The van der Waals surface area contributed by atoms with E-state index in [0.717, 1.165) is 25.5 Å². The molecule has 0 aliphatic carbocycles. The molecule has 3 unspecified atom stereocenters. The molecule has 0 saturated carbocycles. The van der Waals surface area contributed by atoms with Gasteiger partial charge in [0.15, 0.2) is 0 Å². The summed E-state index contributed by atoms with van der Waals surface area (Å²) in [6.45, 7) is 3.13. The first-order valence-electron chi connectivity index (χ1n) is 13.5. The highest BCUT2D eigenvalue weighted by Gasteiger charge is 2.44. The van der Waals surface area contributed by atoms with Gasteiger partial charge in [0.1, 0.15) is 24.9 Å².